The standard InChI is InChI=1S/C20H17N3O6S2/c1-29-20(26)23(19(25)16-10-13-30-14-16)21-18(24)15-6-8-17(9-7-15)31(27,28)22-11-4-2-3-5-12-22/h2-14H,1H3,(H,21,24). The Morgan fingerprint density at radius 3 is 2.16 bits per heavy atom. The molecule has 0 spiro atoms. The predicted octanol–water partition coefficient (Wildman–Crippen LogP) is 2.89. The average molecular weight is 460 g/mol. The van der Waals surface area contributed by atoms with Gasteiger partial charge in [0, 0.05) is 23.3 Å². The number of ether oxygens (including phenoxy) is 1. The third-order valence-corrected chi connectivity index (χ3v) is 6.38. The summed E-state index contributed by atoms with van der Waals surface area (Å²) in [5, 5.41) is 3.62. The van der Waals surface area contributed by atoms with Crippen molar-refractivity contribution in [2.75, 3.05) is 7.11 Å². The van der Waals surface area contributed by atoms with Crippen LogP contribution in [0, 0.1) is 0 Å². The molecular formula is C20H17N3O6S2. The third kappa shape index (κ3) is 4.90. The molecular weight excluding hydrogens is 442 g/mol. The van der Waals surface area contributed by atoms with Crippen LogP contribution in [0.5, 0.6) is 0 Å². The fourth-order valence-corrected chi connectivity index (χ4v) is 4.27. The van der Waals surface area contributed by atoms with Crippen molar-refractivity contribution in [1.29, 1.82) is 0 Å². The maximum atomic E-state index is 12.7. The molecule has 1 N–H and O–H groups in total. The number of methoxy groups -OCH3 is 1. The monoisotopic (exact) mass is 459 g/mol. The molecule has 3 rings (SSSR count). The van der Waals surface area contributed by atoms with E-state index in [1.165, 1.54) is 59.4 Å². The lowest BCUT2D eigenvalue weighted by atomic mass is 10.2. The molecule has 1 aliphatic rings. The minimum Gasteiger partial charge on any atom is -0.451 e. The summed E-state index contributed by atoms with van der Waals surface area (Å²) in [4.78, 5) is 37.0. The molecule has 160 valence electrons. The van der Waals surface area contributed by atoms with Gasteiger partial charge in [0.25, 0.3) is 21.8 Å². The highest BCUT2D eigenvalue weighted by molar-refractivity contribution is 7.89. The van der Waals surface area contributed by atoms with Crippen molar-refractivity contribution in [2.24, 2.45) is 0 Å². The summed E-state index contributed by atoms with van der Waals surface area (Å²) < 4.78 is 31.1. The number of nitrogens with one attached hydrogen (secondary N) is 1. The first-order valence-corrected chi connectivity index (χ1v) is 11.1. The molecule has 0 atom stereocenters. The van der Waals surface area contributed by atoms with Gasteiger partial charge in [0.05, 0.1) is 17.6 Å². The number of rotatable bonds is 4. The molecule has 0 saturated carbocycles. The molecule has 0 aliphatic carbocycles. The zero-order valence-corrected chi connectivity index (χ0v) is 17.8. The lowest BCUT2D eigenvalue weighted by Gasteiger charge is -2.19. The summed E-state index contributed by atoms with van der Waals surface area (Å²) in [6, 6.07) is 6.56. The molecule has 31 heavy (non-hydrogen) atoms. The number of nitrogens with zero attached hydrogens (tertiary/aromatic N) is 2. The number of amides is 3. The molecule has 11 heteroatoms. The number of hydrazine groups is 1. The van der Waals surface area contributed by atoms with Crippen molar-refractivity contribution < 1.29 is 27.5 Å². The van der Waals surface area contributed by atoms with Gasteiger partial charge in [0.15, 0.2) is 0 Å². The highest BCUT2D eigenvalue weighted by atomic mass is 32.2. The Balaban J connectivity index is 1.79. The summed E-state index contributed by atoms with van der Waals surface area (Å²) in [6.07, 6.45) is 8.22. The number of sulfonamides is 1. The number of hydrogen-bond acceptors (Lipinski definition) is 7. The molecule has 0 fully saturated rings. The van der Waals surface area contributed by atoms with Gasteiger partial charge in [-0.1, -0.05) is 12.2 Å². The fourth-order valence-electron chi connectivity index (χ4n) is 2.46. The molecule has 1 aliphatic heterocycles. The second-order valence-corrected chi connectivity index (χ2v) is 8.61. The molecule has 0 unspecified atom stereocenters. The predicted molar refractivity (Wildman–Crippen MR) is 113 cm³/mol. The van der Waals surface area contributed by atoms with Crippen molar-refractivity contribution in [3.8, 4) is 0 Å². The topological polar surface area (TPSA) is 113 Å². The van der Waals surface area contributed by atoms with Crippen molar-refractivity contribution in [3.05, 3.63) is 88.9 Å². The van der Waals surface area contributed by atoms with Gasteiger partial charge in [-0.05, 0) is 47.9 Å². The van der Waals surface area contributed by atoms with Crippen LogP contribution >= 0.6 is 11.3 Å². The molecule has 2 aromatic rings. The second-order valence-electron chi connectivity index (χ2n) is 5.99. The first kappa shape index (κ1) is 22.0. The van der Waals surface area contributed by atoms with E-state index in [1.807, 2.05) is 0 Å². The Morgan fingerprint density at radius 1 is 0.968 bits per heavy atom. The van der Waals surface area contributed by atoms with E-state index in [2.05, 4.69) is 10.2 Å². The van der Waals surface area contributed by atoms with Gasteiger partial charge >= 0.3 is 6.09 Å². The Hall–Kier alpha value is -3.70. The van der Waals surface area contributed by atoms with Crippen LogP contribution in [-0.4, -0.2) is 42.7 Å². The van der Waals surface area contributed by atoms with Gasteiger partial charge in [-0.2, -0.15) is 11.3 Å². The lowest BCUT2D eigenvalue weighted by Crippen LogP contribution is -2.49. The average Bonchev–Trinajstić information content (AvgIpc) is 3.18. The molecule has 9 nitrogen and oxygen atoms in total. The lowest BCUT2D eigenvalue weighted by molar-refractivity contribution is 0.0540. The van der Waals surface area contributed by atoms with Crippen molar-refractivity contribution in [1.82, 2.24) is 14.7 Å². The van der Waals surface area contributed by atoms with Crippen LogP contribution in [0.2, 0.25) is 0 Å². The van der Waals surface area contributed by atoms with Crippen LogP contribution in [0.1, 0.15) is 20.7 Å². The van der Waals surface area contributed by atoms with E-state index < -0.39 is 27.9 Å². The SMILES string of the molecule is COC(=O)N(NC(=O)c1ccc(S(=O)(=O)N2C=CC=CC=C2)cc1)C(=O)c1ccsc1. The molecule has 1 aromatic carbocycles. The van der Waals surface area contributed by atoms with Crippen molar-refractivity contribution in [3.63, 3.8) is 0 Å². The zero-order valence-electron chi connectivity index (χ0n) is 16.2. The number of thiophene rings is 1. The number of benzene rings is 1. The maximum absolute atomic E-state index is 12.7. The zero-order chi connectivity index (χ0) is 22.4. The number of hydrogen-bond donors (Lipinski definition) is 1. The van der Waals surface area contributed by atoms with Crippen LogP contribution in [0.25, 0.3) is 0 Å². The van der Waals surface area contributed by atoms with Gasteiger partial charge in [-0.3, -0.25) is 15.0 Å². The normalized spacial score (nSPS) is 12.9. The first-order chi connectivity index (χ1) is 14.8. The fraction of sp³-hybridized carbons (Fsp3) is 0.0500. The summed E-state index contributed by atoms with van der Waals surface area (Å²) >= 11 is 1.25. The summed E-state index contributed by atoms with van der Waals surface area (Å²) in [5.74, 6) is -1.56. The van der Waals surface area contributed by atoms with Gasteiger partial charge < -0.3 is 4.74 Å². The Bertz CT molecular complexity index is 1150. The van der Waals surface area contributed by atoms with Gasteiger partial charge in [0.1, 0.15) is 0 Å². The molecule has 0 radical (unpaired) electrons. The Labute approximate surface area is 182 Å². The van der Waals surface area contributed by atoms with Gasteiger partial charge in [-0.15, -0.1) is 5.01 Å². The summed E-state index contributed by atoms with van der Waals surface area (Å²) in [7, 11) is -2.79. The van der Waals surface area contributed by atoms with Crippen molar-refractivity contribution in [2.45, 2.75) is 4.90 Å². The summed E-state index contributed by atoms with van der Waals surface area (Å²) in [6.45, 7) is 0. The molecule has 2 heterocycles. The second kappa shape index (κ2) is 9.41. The van der Waals surface area contributed by atoms with Crippen LogP contribution in [0.4, 0.5) is 4.79 Å². The minimum absolute atomic E-state index is 0.0367. The smallest absolute Gasteiger partial charge is 0.436 e. The van der Waals surface area contributed by atoms with Crippen LogP contribution < -0.4 is 5.43 Å². The first-order valence-electron chi connectivity index (χ1n) is 8.75. The third-order valence-electron chi connectivity index (χ3n) is 4.03. The van der Waals surface area contributed by atoms with Crippen LogP contribution in [0.3, 0.4) is 0 Å². The van der Waals surface area contributed by atoms with Crippen molar-refractivity contribution >= 4 is 39.3 Å². The van der Waals surface area contributed by atoms with Gasteiger partial charge in [0.2, 0.25) is 0 Å². The van der Waals surface area contributed by atoms with E-state index in [1.54, 1.807) is 29.7 Å². The van der Waals surface area contributed by atoms with E-state index in [0.29, 0.717) is 5.01 Å². The summed E-state index contributed by atoms with van der Waals surface area (Å²) in [5.41, 5.74) is 2.42. The van der Waals surface area contributed by atoms with E-state index in [4.69, 9.17) is 0 Å². The highest BCUT2D eigenvalue weighted by Crippen LogP contribution is 2.19. The quantitative estimate of drug-likeness (QED) is 0.704. The Kier molecular flexibility index (Phi) is 6.68. The molecule has 3 amide bonds. The number of imide groups is 1. The number of allylic oxidation sites excluding steroid dienone is 4. The molecule has 0 saturated heterocycles. The van der Waals surface area contributed by atoms with E-state index in [-0.39, 0.29) is 16.0 Å². The van der Waals surface area contributed by atoms with E-state index in [9.17, 15) is 22.8 Å². The highest BCUT2D eigenvalue weighted by Gasteiger charge is 2.27. The minimum atomic E-state index is -3.86. The molecule has 0 bridgehead atoms. The molecule has 1 aromatic heterocycles. The maximum Gasteiger partial charge on any atom is 0.436 e. The van der Waals surface area contributed by atoms with E-state index in [0.717, 1.165) is 11.4 Å². The Morgan fingerprint density at radius 2 is 1.61 bits per heavy atom. The number of carbonyl (C=O) groups is 3. The van der Waals surface area contributed by atoms with Crippen LogP contribution in [-0.2, 0) is 14.8 Å². The number of carbonyl (C=O) groups excluding carboxylic acids is 3. The van der Waals surface area contributed by atoms with E-state index >= 15 is 0 Å². The largest absolute Gasteiger partial charge is 0.451 e. The van der Waals surface area contributed by atoms with Gasteiger partial charge in [-0.25, -0.2) is 17.5 Å². The van der Waals surface area contributed by atoms with Crippen LogP contribution in [0.15, 0.2) is 82.7 Å².